The molecule has 0 aromatic rings. The summed E-state index contributed by atoms with van der Waals surface area (Å²) in [6.45, 7) is 0.222. The van der Waals surface area contributed by atoms with Crippen molar-refractivity contribution >= 4 is 11.9 Å². The average Bonchev–Trinajstić information content (AvgIpc) is 1.99. The molecule has 70 valence electrons. The van der Waals surface area contributed by atoms with E-state index in [9.17, 15) is 9.59 Å². The predicted octanol–water partition coefficient (Wildman–Crippen LogP) is -1.41. The predicted molar refractivity (Wildman–Crippen MR) is 40.5 cm³/mol. The third-order valence-corrected chi connectivity index (χ3v) is 1.54. The van der Waals surface area contributed by atoms with Gasteiger partial charge in [0.15, 0.2) is 0 Å². The van der Waals surface area contributed by atoms with Gasteiger partial charge in [0.05, 0.1) is 0 Å². The van der Waals surface area contributed by atoms with Gasteiger partial charge >= 0.3 is 11.9 Å². The first kappa shape index (κ1) is 10.9. The molecule has 0 atom stereocenters. The first-order valence-corrected chi connectivity index (χ1v) is 3.41. The van der Waals surface area contributed by atoms with Crippen LogP contribution in [0.5, 0.6) is 0 Å². The van der Waals surface area contributed by atoms with Crippen molar-refractivity contribution in [2.75, 3.05) is 6.54 Å². The van der Waals surface area contributed by atoms with Crippen LogP contribution in [0.2, 0.25) is 0 Å². The second kappa shape index (κ2) is 4.03. The van der Waals surface area contributed by atoms with Gasteiger partial charge in [-0.05, 0) is 19.4 Å². The largest absolute Gasteiger partial charge is 0.479 e. The highest BCUT2D eigenvalue weighted by Crippen LogP contribution is 2.09. The van der Waals surface area contributed by atoms with Crippen LogP contribution in [-0.2, 0) is 9.59 Å². The molecule has 0 bridgehead atoms. The summed E-state index contributed by atoms with van der Waals surface area (Å²) in [7, 11) is 0. The smallest absolute Gasteiger partial charge is 0.335 e. The molecular weight excluding hydrogens is 164 g/mol. The number of hydrogen-bond donors (Lipinski definition) is 4. The molecule has 0 rings (SSSR count). The SMILES string of the molecule is NCCCC(N)(C(=O)O)C(=O)O. The second-order valence-electron chi connectivity index (χ2n) is 2.47. The molecule has 0 saturated carbocycles. The normalized spacial score (nSPS) is 11.2. The van der Waals surface area contributed by atoms with Gasteiger partial charge in [-0.2, -0.15) is 0 Å². The molecule has 0 aliphatic heterocycles. The Bertz CT molecular complexity index is 178. The summed E-state index contributed by atoms with van der Waals surface area (Å²) in [4.78, 5) is 20.8. The fraction of sp³-hybridized carbons (Fsp3) is 0.667. The van der Waals surface area contributed by atoms with E-state index in [1.807, 2.05) is 0 Å². The summed E-state index contributed by atoms with van der Waals surface area (Å²) in [5, 5.41) is 17.0. The summed E-state index contributed by atoms with van der Waals surface area (Å²) in [5.74, 6) is -3.08. The van der Waals surface area contributed by atoms with Gasteiger partial charge in [-0.25, -0.2) is 9.59 Å². The van der Waals surface area contributed by atoms with Crippen molar-refractivity contribution in [1.82, 2.24) is 0 Å². The summed E-state index contributed by atoms with van der Waals surface area (Å²) in [6, 6.07) is 0. The highest BCUT2D eigenvalue weighted by atomic mass is 16.4. The second-order valence-corrected chi connectivity index (χ2v) is 2.47. The van der Waals surface area contributed by atoms with Gasteiger partial charge in [0.1, 0.15) is 0 Å². The highest BCUT2D eigenvalue weighted by molar-refractivity contribution is 6.02. The van der Waals surface area contributed by atoms with Crippen LogP contribution in [0.1, 0.15) is 12.8 Å². The zero-order valence-corrected chi connectivity index (χ0v) is 6.49. The maximum Gasteiger partial charge on any atom is 0.335 e. The zero-order chi connectivity index (χ0) is 9.78. The van der Waals surface area contributed by atoms with Gasteiger partial charge in [-0.1, -0.05) is 0 Å². The monoisotopic (exact) mass is 176 g/mol. The van der Waals surface area contributed by atoms with Crippen molar-refractivity contribution in [3.8, 4) is 0 Å². The van der Waals surface area contributed by atoms with Crippen molar-refractivity contribution in [1.29, 1.82) is 0 Å². The molecule has 0 aliphatic rings. The lowest BCUT2D eigenvalue weighted by molar-refractivity contribution is -0.157. The van der Waals surface area contributed by atoms with Crippen LogP contribution in [0.15, 0.2) is 0 Å². The average molecular weight is 176 g/mol. The Hall–Kier alpha value is -1.14. The molecule has 0 fully saturated rings. The maximum atomic E-state index is 10.4. The van der Waals surface area contributed by atoms with Crippen LogP contribution in [0, 0.1) is 0 Å². The van der Waals surface area contributed by atoms with Crippen LogP contribution in [0.25, 0.3) is 0 Å². The third-order valence-electron chi connectivity index (χ3n) is 1.54. The van der Waals surface area contributed by atoms with Crippen LogP contribution in [-0.4, -0.2) is 34.2 Å². The van der Waals surface area contributed by atoms with Crippen molar-refractivity contribution in [2.24, 2.45) is 11.5 Å². The molecule has 0 aliphatic carbocycles. The third kappa shape index (κ3) is 2.18. The van der Waals surface area contributed by atoms with Crippen molar-refractivity contribution in [3.63, 3.8) is 0 Å². The number of aliphatic carboxylic acids is 2. The molecular formula is C6H12N2O4. The number of nitrogens with two attached hydrogens (primary N) is 2. The molecule has 0 aromatic heterocycles. The van der Waals surface area contributed by atoms with E-state index in [1.54, 1.807) is 0 Å². The Morgan fingerprint density at radius 2 is 1.67 bits per heavy atom. The fourth-order valence-corrected chi connectivity index (χ4v) is 0.686. The number of rotatable bonds is 5. The van der Waals surface area contributed by atoms with Crippen molar-refractivity contribution in [2.45, 2.75) is 18.4 Å². The van der Waals surface area contributed by atoms with E-state index in [4.69, 9.17) is 21.7 Å². The van der Waals surface area contributed by atoms with Crippen molar-refractivity contribution in [3.05, 3.63) is 0 Å². The lowest BCUT2D eigenvalue weighted by Crippen LogP contribution is -2.55. The van der Waals surface area contributed by atoms with Crippen LogP contribution in [0.3, 0.4) is 0 Å². The first-order valence-electron chi connectivity index (χ1n) is 3.41. The molecule has 0 aromatic carbocycles. The van der Waals surface area contributed by atoms with E-state index < -0.39 is 17.5 Å². The lowest BCUT2D eigenvalue weighted by atomic mass is 9.95. The van der Waals surface area contributed by atoms with Crippen LogP contribution >= 0.6 is 0 Å². The van der Waals surface area contributed by atoms with Crippen LogP contribution in [0.4, 0.5) is 0 Å². The topological polar surface area (TPSA) is 127 Å². The minimum atomic E-state index is -2.20. The van der Waals surface area contributed by atoms with E-state index in [2.05, 4.69) is 0 Å². The molecule has 0 amide bonds. The minimum Gasteiger partial charge on any atom is -0.479 e. The molecule has 0 spiro atoms. The molecule has 0 radical (unpaired) electrons. The van der Waals surface area contributed by atoms with E-state index in [0.29, 0.717) is 0 Å². The van der Waals surface area contributed by atoms with Gasteiger partial charge in [0, 0.05) is 0 Å². The van der Waals surface area contributed by atoms with Gasteiger partial charge in [0.25, 0.3) is 0 Å². The van der Waals surface area contributed by atoms with Crippen LogP contribution < -0.4 is 11.5 Å². The Morgan fingerprint density at radius 1 is 1.25 bits per heavy atom. The van der Waals surface area contributed by atoms with E-state index in [1.165, 1.54) is 0 Å². The Morgan fingerprint density at radius 3 is 1.92 bits per heavy atom. The Kier molecular flexibility index (Phi) is 3.65. The molecule has 6 heteroatoms. The molecule has 0 heterocycles. The Labute approximate surface area is 69.2 Å². The van der Waals surface area contributed by atoms with Gasteiger partial charge in [-0.3, -0.25) is 0 Å². The van der Waals surface area contributed by atoms with Gasteiger partial charge in [-0.15, -0.1) is 0 Å². The number of carboxylic acid groups (broad SMARTS) is 2. The standard InChI is InChI=1S/C6H12N2O4/c7-3-1-2-6(8,4(9)10)5(11)12/h1-3,7-8H2,(H,9,10)(H,11,12). The highest BCUT2D eigenvalue weighted by Gasteiger charge is 2.41. The molecule has 12 heavy (non-hydrogen) atoms. The van der Waals surface area contributed by atoms with Crippen molar-refractivity contribution < 1.29 is 19.8 Å². The zero-order valence-electron chi connectivity index (χ0n) is 6.49. The first-order chi connectivity index (χ1) is 5.45. The molecule has 6 N–H and O–H groups in total. The van der Waals surface area contributed by atoms with Gasteiger partial charge < -0.3 is 21.7 Å². The summed E-state index contributed by atoms with van der Waals surface area (Å²) >= 11 is 0. The quantitative estimate of drug-likeness (QED) is 0.381. The number of hydrogen-bond acceptors (Lipinski definition) is 4. The summed E-state index contributed by atoms with van der Waals surface area (Å²) in [5.41, 5.74) is 8.01. The molecule has 0 unspecified atom stereocenters. The van der Waals surface area contributed by atoms with E-state index in [-0.39, 0.29) is 19.4 Å². The Balaban J connectivity index is 4.40. The minimum absolute atomic E-state index is 0.159. The van der Waals surface area contributed by atoms with Gasteiger partial charge in [0.2, 0.25) is 5.54 Å². The molecule has 6 nitrogen and oxygen atoms in total. The summed E-state index contributed by atoms with van der Waals surface area (Å²) in [6.07, 6.45) is 0.114. The van der Waals surface area contributed by atoms with E-state index >= 15 is 0 Å². The number of carbonyl (C=O) groups is 2. The number of carboxylic acids is 2. The summed E-state index contributed by atoms with van der Waals surface area (Å²) < 4.78 is 0. The molecule has 0 saturated heterocycles. The van der Waals surface area contributed by atoms with E-state index in [0.717, 1.165) is 0 Å². The lowest BCUT2D eigenvalue weighted by Gasteiger charge is -2.18. The maximum absolute atomic E-state index is 10.4. The fourth-order valence-electron chi connectivity index (χ4n) is 0.686.